The van der Waals surface area contributed by atoms with Gasteiger partial charge in [0.15, 0.2) is 23.4 Å². The quantitative estimate of drug-likeness (QED) is 0.205. The number of hydrogen-bond donors (Lipinski definition) is 0. The minimum atomic E-state index is -0.526. The molecule has 0 fully saturated rings. The third-order valence-electron chi connectivity index (χ3n) is 6.52. The Morgan fingerprint density at radius 1 is 1.11 bits per heavy atom. The van der Waals surface area contributed by atoms with E-state index in [1.165, 1.54) is 5.56 Å². The van der Waals surface area contributed by atoms with Gasteiger partial charge in [-0.2, -0.15) is 0 Å². The number of methoxy groups -OCH3 is 1. The van der Waals surface area contributed by atoms with Gasteiger partial charge in [-0.25, -0.2) is 0 Å². The number of thioether (sulfide) groups is 1. The largest absolute Gasteiger partial charge is 0.493 e. The molecule has 0 saturated heterocycles. The first kappa shape index (κ1) is 27.4. The second kappa shape index (κ2) is 11.7. The molecule has 6 nitrogen and oxygen atoms in total. The molecule has 2 aromatic rings. The lowest BCUT2D eigenvalue weighted by Gasteiger charge is -2.38. The zero-order valence-corrected chi connectivity index (χ0v) is 22.7. The summed E-state index contributed by atoms with van der Waals surface area (Å²) in [7, 11) is 1.58. The van der Waals surface area contributed by atoms with Gasteiger partial charge in [0, 0.05) is 5.56 Å². The zero-order valence-electron chi connectivity index (χ0n) is 21.9. The van der Waals surface area contributed by atoms with Gasteiger partial charge in [-0.15, -0.1) is 0 Å². The second-order valence-corrected chi connectivity index (χ2v) is 10.1. The standard InChI is InChI=1S/C29H34O6S/c1-8-11-33-27-19(3)20(4)28-24(21(27)5)9-10-29(6,35-28)16-34-26-18(2)12-22(14-25(26)32-7)13-23(15-30)36-17-31/h8,12-15,17H,1,9-11,16H2,2-7H3/b23-13-. The number of carbonyl (C=O) groups is 2. The topological polar surface area (TPSA) is 71.1 Å². The molecule has 0 spiro atoms. The van der Waals surface area contributed by atoms with Gasteiger partial charge in [0.2, 0.25) is 0 Å². The van der Waals surface area contributed by atoms with E-state index in [0.717, 1.165) is 63.9 Å². The maximum atomic E-state index is 11.2. The monoisotopic (exact) mass is 510 g/mol. The first-order valence-corrected chi connectivity index (χ1v) is 12.7. The molecule has 0 aromatic heterocycles. The molecule has 0 bridgehead atoms. The van der Waals surface area contributed by atoms with Gasteiger partial charge >= 0.3 is 0 Å². The number of hydrogen-bond acceptors (Lipinski definition) is 7. The number of fused-ring (bicyclic) bond motifs is 1. The van der Waals surface area contributed by atoms with Crippen LogP contribution in [0.3, 0.4) is 0 Å². The molecule has 36 heavy (non-hydrogen) atoms. The summed E-state index contributed by atoms with van der Waals surface area (Å²) in [5, 5.41) is 0. The van der Waals surface area contributed by atoms with Crippen molar-refractivity contribution in [3.05, 3.63) is 63.1 Å². The van der Waals surface area contributed by atoms with Crippen LogP contribution in [0.1, 0.15) is 46.7 Å². The fourth-order valence-corrected chi connectivity index (χ4v) is 4.84. The summed E-state index contributed by atoms with van der Waals surface area (Å²) < 4.78 is 24.4. The van der Waals surface area contributed by atoms with Crippen LogP contribution in [0, 0.1) is 27.7 Å². The molecule has 0 radical (unpaired) electrons. The summed E-state index contributed by atoms with van der Waals surface area (Å²) >= 11 is 0.837. The first-order chi connectivity index (χ1) is 17.2. The Balaban J connectivity index is 1.85. The molecule has 0 N–H and O–H groups in total. The molecule has 1 heterocycles. The summed E-state index contributed by atoms with van der Waals surface area (Å²) in [6.45, 7) is 14.7. The van der Waals surface area contributed by atoms with Crippen molar-refractivity contribution >= 4 is 29.7 Å². The maximum absolute atomic E-state index is 11.2. The molecule has 2 aromatic carbocycles. The summed E-state index contributed by atoms with van der Waals surface area (Å²) in [4.78, 5) is 22.3. The highest BCUT2D eigenvalue weighted by molar-refractivity contribution is 8.16. The minimum Gasteiger partial charge on any atom is -0.493 e. The van der Waals surface area contributed by atoms with E-state index in [1.54, 1.807) is 25.3 Å². The fourth-order valence-electron chi connectivity index (χ4n) is 4.47. The van der Waals surface area contributed by atoms with E-state index in [9.17, 15) is 9.59 Å². The van der Waals surface area contributed by atoms with Gasteiger partial charge < -0.3 is 18.9 Å². The van der Waals surface area contributed by atoms with E-state index in [4.69, 9.17) is 18.9 Å². The Morgan fingerprint density at radius 2 is 1.86 bits per heavy atom. The van der Waals surface area contributed by atoms with Gasteiger partial charge in [-0.05, 0) is 93.5 Å². The summed E-state index contributed by atoms with van der Waals surface area (Å²) in [6.07, 6.45) is 5.70. The Hall–Kier alpha value is -3.19. The van der Waals surface area contributed by atoms with Crippen molar-refractivity contribution in [3.63, 3.8) is 0 Å². The van der Waals surface area contributed by atoms with Crippen LogP contribution in [0.5, 0.6) is 23.0 Å². The molecule has 0 aliphatic carbocycles. The van der Waals surface area contributed by atoms with Crippen molar-refractivity contribution < 1.29 is 28.5 Å². The second-order valence-electron chi connectivity index (χ2n) is 9.20. The number of benzene rings is 2. The molecule has 0 saturated carbocycles. The SMILES string of the molecule is C=CCOc1c(C)c(C)c2c(c1C)CCC(C)(COc1c(C)cc(/C=C(/C=O)SC=O)cc1OC)O2. The van der Waals surface area contributed by atoms with Gasteiger partial charge in [0.25, 0.3) is 0 Å². The molecule has 1 aliphatic heterocycles. The Morgan fingerprint density at radius 3 is 2.50 bits per heavy atom. The van der Waals surface area contributed by atoms with Crippen molar-refractivity contribution in [1.82, 2.24) is 0 Å². The van der Waals surface area contributed by atoms with Crippen LogP contribution in [-0.2, 0) is 16.0 Å². The average molecular weight is 511 g/mol. The van der Waals surface area contributed by atoms with E-state index in [-0.39, 0.29) is 0 Å². The number of rotatable bonds is 11. The van der Waals surface area contributed by atoms with Gasteiger partial charge in [0.1, 0.15) is 30.3 Å². The number of aryl methyl sites for hydroxylation is 1. The van der Waals surface area contributed by atoms with E-state index in [0.29, 0.717) is 41.5 Å². The lowest BCUT2D eigenvalue weighted by molar-refractivity contribution is -0.104. The fraction of sp³-hybridized carbons (Fsp3) is 0.379. The van der Waals surface area contributed by atoms with Crippen molar-refractivity contribution in [2.75, 3.05) is 20.3 Å². The molecular formula is C29H34O6S. The molecular weight excluding hydrogens is 476 g/mol. The number of allylic oxidation sites excluding steroid dienone is 1. The third-order valence-corrected chi connectivity index (χ3v) is 7.11. The first-order valence-electron chi connectivity index (χ1n) is 11.8. The molecule has 192 valence electrons. The zero-order chi connectivity index (χ0) is 26.5. The van der Waals surface area contributed by atoms with E-state index in [1.807, 2.05) is 13.0 Å². The highest BCUT2D eigenvalue weighted by atomic mass is 32.2. The van der Waals surface area contributed by atoms with Crippen molar-refractivity contribution in [2.45, 2.75) is 53.1 Å². The molecule has 1 atom stereocenters. The van der Waals surface area contributed by atoms with E-state index in [2.05, 4.69) is 34.3 Å². The van der Waals surface area contributed by atoms with Crippen molar-refractivity contribution in [1.29, 1.82) is 0 Å². The smallest absolute Gasteiger partial charge is 0.181 e. The Labute approximate surface area is 217 Å². The molecule has 7 heteroatoms. The number of aldehydes is 1. The summed E-state index contributed by atoms with van der Waals surface area (Å²) in [5.41, 5.74) is 6.14. The molecule has 1 unspecified atom stereocenters. The van der Waals surface area contributed by atoms with Crippen LogP contribution in [0.15, 0.2) is 29.7 Å². The Bertz CT molecular complexity index is 1200. The van der Waals surface area contributed by atoms with Crippen LogP contribution < -0.4 is 18.9 Å². The van der Waals surface area contributed by atoms with Gasteiger partial charge in [-0.3, -0.25) is 9.59 Å². The Kier molecular flexibility index (Phi) is 8.90. The molecule has 3 rings (SSSR count). The minimum absolute atomic E-state index is 0.320. The molecule has 0 amide bonds. The third kappa shape index (κ3) is 5.78. The van der Waals surface area contributed by atoms with Crippen molar-refractivity contribution in [2.24, 2.45) is 0 Å². The van der Waals surface area contributed by atoms with E-state index < -0.39 is 5.60 Å². The predicted octanol–water partition coefficient (Wildman–Crippen LogP) is 6.12. The summed E-state index contributed by atoms with van der Waals surface area (Å²) in [5.74, 6) is 2.99. The lowest BCUT2D eigenvalue weighted by atomic mass is 9.87. The van der Waals surface area contributed by atoms with Crippen LogP contribution >= 0.6 is 11.8 Å². The van der Waals surface area contributed by atoms with Crippen molar-refractivity contribution in [3.8, 4) is 23.0 Å². The normalized spacial score (nSPS) is 17.0. The molecule has 1 aliphatic rings. The van der Waals surface area contributed by atoms with E-state index >= 15 is 0 Å². The van der Waals surface area contributed by atoms with Crippen LogP contribution in [-0.4, -0.2) is 37.8 Å². The average Bonchev–Trinajstić information content (AvgIpc) is 2.86. The van der Waals surface area contributed by atoms with Crippen LogP contribution in [0.25, 0.3) is 6.08 Å². The van der Waals surface area contributed by atoms with Gasteiger partial charge in [0.05, 0.1) is 12.0 Å². The summed E-state index contributed by atoms with van der Waals surface area (Å²) in [6, 6.07) is 3.69. The highest BCUT2D eigenvalue weighted by Gasteiger charge is 2.36. The maximum Gasteiger partial charge on any atom is 0.181 e. The van der Waals surface area contributed by atoms with Gasteiger partial charge in [-0.1, -0.05) is 24.4 Å². The number of ether oxygens (including phenoxy) is 4. The predicted molar refractivity (Wildman–Crippen MR) is 145 cm³/mol. The lowest BCUT2D eigenvalue weighted by Crippen LogP contribution is -2.42. The van der Waals surface area contributed by atoms with Crippen LogP contribution in [0.4, 0.5) is 0 Å². The van der Waals surface area contributed by atoms with Crippen LogP contribution in [0.2, 0.25) is 0 Å². The number of carbonyl (C=O) groups excluding carboxylic acids is 2. The highest BCUT2D eigenvalue weighted by Crippen LogP contribution is 2.44.